The van der Waals surface area contributed by atoms with E-state index in [1.54, 1.807) is 0 Å². The molecule has 0 bridgehead atoms. The summed E-state index contributed by atoms with van der Waals surface area (Å²) in [5, 5.41) is 26.3. The van der Waals surface area contributed by atoms with E-state index in [4.69, 9.17) is 4.74 Å². The number of ether oxygens (including phenoxy) is 1. The molecule has 0 fully saturated rings. The number of aliphatic hydroxyl groups is 1. The molecule has 1 atom stereocenters. The minimum atomic E-state index is -0.780. The highest BCUT2D eigenvalue weighted by Crippen LogP contribution is 2.26. The number of nitrogens with one attached hydrogen (secondary N) is 2. The fourth-order valence-electron chi connectivity index (χ4n) is 1.61. The van der Waals surface area contributed by atoms with Gasteiger partial charge in [-0.25, -0.2) is 4.98 Å². The van der Waals surface area contributed by atoms with Crippen LogP contribution in [0.3, 0.4) is 0 Å². The van der Waals surface area contributed by atoms with E-state index < -0.39 is 11.0 Å². The van der Waals surface area contributed by atoms with Crippen molar-refractivity contribution in [3.05, 3.63) is 15.8 Å². The van der Waals surface area contributed by atoms with Crippen LogP contribution in [0.2, 0.25) is 0 Å². The monoisotopic (exact) mass is 285 g/mol. The number of aryl methyl sites for hydroxylation is 1. The van der Waals surface area contributed by atoms with E-state index in [0.717, 1.165) is 0 Å². The molecule has 0 aliphatic rings. The molecule has 1 aromatic rings. The lowest BCUT2D eigenvalue weighted by Crippen LogP contribution is -2.25. The Kier molecular flexibility index (Phi) is 6.07. The Morgan fingerprint density at radius 2 is 2.15 bits per heavy atom. The van der Waals surface area contributed by atoms with Gasteiger partial charge in [-0.05, 0) is 13.8 Å². The van der Waals surface area contributed by atoms with Gasteiger partial charge in [-0.15, -0.1) is 0 Å². The average Bonchev–Trinajstić information content (AvgIpc) is 2.36. The Bertz CT molecular complexity index is 468. The number of rotatable bonds is 8. The van der Waals surface area contributed by atoms with Crippen LogP contribution in [-0.2, 0) is 4.74 Å². The highest BCUT2D eigenvalue weighted by atomic mass is 16.6. The minimum Gasteiger partial charge on any atom is -0.389 e. The molecule has 1 heterocycles. The molecule has 0 aliphatic carbocycles. The second kappa shape index (κ2) is 7.56. The summed E-state index contributed by atoms with van der Waals surface area (Å²) in [6.07, 6.45) is -0.780. The summed E-state index contributed by atoms with van der Waals surface area (Å²) in [5.74, 6) is 0.382. The fraction of sp³-hybridized carbons (Fsp3) is 0.636. The number of aliphatic hydroxyl groups excluding tert-OH is 1. The quantitative estimate of drug-likeness (QED) is 0.467. The second-order valence-electron chi connectivity index (χ2n) is 4.11. The zero-order chi connectivity index (χ0) is 15.1. The maximum atomic E-state index is 11.1. The summed E-state index contributed by atoms with van der Waals surface area (Å²) in [7, 11) is 1.46. The molecule has 112 valence electrons. The highest BCUT2D eigenvalue weighted by molar-refractivity contribution is 5.60. The van der Waals surface area contributed by atoms with Crippen molar-refractivity contribution in [2.75, 3.05) is 37.4 Å². The summed E-state index contributed by atoms with van der Waals surface area (Å²) >= 11 is 0. The van der Waals surface area contributed by atoms with E-state index in [1.807, 2.05) is 6.92 Å². The van der Waals surface area contributed by atoms with Crippen molar-refractivity contribution in [2.45, 2.75) is 20.0 Å². The summed E-state index contributed by atoms with van der Waals surface area (Å²) < 4.78 is 4.79. The predicted molar refractivity (Wildman–Crippen MR) is 74.0 cm³/mol. The van der Waals surface area contributed by atoms with Gasteiger partial charge in [0.1, 0.15) is 5.69 Å². The molecule has 1 unspecified atom stereocenters. The normalized spacial score (nSPS) is 12.0. The first kappa shape index (κ1) is 16.1. The topological polar surface area (TPSA) is 122 Å². The third kappa shape index (κ3) is 4.28. The van der Waals surface area contributed by atoms with Crippen molar-refractivity contribution < 1.29 is 14.8 Å². The maximum Gasteiger partial charge on any atom is 0.332 e. The van der Waals surface area contributed by atoms with Crippen LogP contribution in [0, 0.1) is 17.0 Å². The molecule has 3 N–H and O–H groups in total. The zero-order valence-electron chi connectivity index (χ0n) is 11.7. The fourth-order valence-corrected chi connectivity index (χ4v) is 1.61. The third-order valence-electron chi connectivity index (χ3n) is 2.44. The van der Waals surface area contributed by atoms with E-state index in [-0.39, 0.29) is 30.4 Å². The van der Waals surface area contributed by atoms with Crippen LogP contribution in [0.1, 0.15) is 12.6 Å². The van der Waals surface area contributed by atoms with Crippen LogP contribution < -0.4 is 10.6 Å². The molecule has 0 saturated carbocycles. The van der Waals surface area contributed by atoms with Crippen LogP contribution in [-0.4, -0.2) is 52.9 Å². The molecule has 20 heavy (non-hydrogen) atoms. The van der Waals surface area contributed by atoms with Crippen LogP contribution in [0.4, 0.5) is 17.5 Å². The van der Waals surface area contributed by atoms with Gasteiger partial charge in [0.05, 0.1) is 17.6 Å². The van der Waals surface area contributed by atoms with E-state index in [2.05, 4.69) is 20.6 Å². The number of hydrogen-bond donors (Lipinski definition) is 3. The predicted octanol–water partition coefficient (Wildman–Crippen LogP) is 0.544. The van der Waals surface area contributed by atoms with Gasteiger partial charge in [-0.1, -0.05) is 0 Å². The van der Waals surface area contributed by atoms with E-state index in [0.29, 0.717) is 12.5 Å². The van der Waals surface area contributed by atoms with Crippen molar-refractivity contribution in [3.8, 4) is 0 Å². The molecular weight excluding hydrogens is 266 g/mol. The number of nitro groups is 1. The Morgan fingerprint density at radius 3 is 2.70 bits per heavy atom. The summed E-state index contributed by atoms with van der Waals surface area (Å²) in [6, 6.07) is 0. The smallest absolute Gasteiger partial charge is 0.332 e. The van der Waals surface area contributed by atoms with Crippen LogP contribution >= 0.6 is 0 Å². The molecule has 9 heteroatoms. The standard InChI is InChI=1S/C11H19N5O4/c1-4-12-11-14-7(2)9(16(18)19)10(15-11)13-5-8(17)6-20-3/h8,17H,4-6H2,1-3H3,(H2,12,13,14,15). The van der Waals surface area contributed by atoms with E-state index >= 15 is 0 Å². The van der Waals surface area contributed by atoms with Crippen molar-refractivity contribution in [3.63, 3.8) is 0 Å². The lowest BCUT2D eigenvalue weighted by atomic mass is 10.3. The van der Waals surface area contributed by atoms with Gasteiger partial charge in [-0.2, -0.15) is 4.98 Å². The first-order chi connectivity index (χ1) is 9.49. The average molecular weight is 285 g/mol. The molecular formula is C11H19N5O4. The molecule has 0 aromatic carbocycles. The van der Waals surface area contributed by atoms with E-state index in [1.165, 1.54) is 14.0 Å². The largest absolute Gasteiger partial charge is 0.389 e. The second-order valence-corrected chi connectivity index (χ2v) is 4.11. The van der Waals surface area contributed by atoms with Gasteiger partial charge in [0.15, 0.2) is 0 Å². The summed E-state index contributed by atoms with van der Waals surface area (Å²) in [6.45, 7) is 4.23. The SMILES string of the molecule is CCNc1nc(C)c([N+](=O)[O-])c(NCC(O)COC)n1. The lowest BCUT2D eigenvalue weighted by molar-refractivity contribution is -0.385. The molecule has 9 nitrogen and oxygen atoms in total. The van der Waals surface area contributed by atoms with Gasteiger partial charge in [0, 0.05) is 20.2 Å². The van der Waals surface area contributed by atoms with E-state index in [9.17, 15) is 15.2 Å². The molecule has 0 radical (unpaired) electrons. The van der Waals surface area contributed by atoms with Crippen LogP contribution in [0.5, 0.6) is 0 Å². The molecule has 0 spiro atoms. The Balaban J connectivity index is 2.97. The highest BCUT2D eigenvalue weighted by Gasteiger charge is 2.22. The van der Waals surface area contributed by atoms with Crippen LogP contribution in [0.15, 0.2) is 0 Å². The molecule has 1 aromatic heterocycles. The van der Waals surface area contributed by atoms with Gasteiger partial charge in [0.2, 0.25) is 11.8 Å². The number of hydrogen-bond acceptors (Lipinski definition) is 8. The number of aromatic nitrogens is 2. The van der Waals surface area contributed by atoms with Crippen molar-refractivity contribution in [1.29, 1.82) is 0 Å². The number of nitrogens with zero attached hydrogens (tertiary/aromatic N) is 3. The van der Waals surface area contributed by atoms with Crippen LogP contribution in [0.25, 0.3) is 0 Å². The molecule has 1 rings (SSSR count). The molecule has 0 amide bonds. The third-order valence-corrected chi connectivity index (χ3v) is 2.44. The van der Waals surface area contributed by atoms with Gasteiger partial charge in [-0.3, -0.25) is 10.1 Å². The zero-order valence-corrected chi connectivity index (χ0v) is 11.7. The molecule has 0 saturated heterocycles. The van der Waals surface area contributed by atoms with Crippen molar-refractivity contribution in [1.82, 2.24) is 9.97 Å². The Hall–Kier alpha value is -2.00. The summed E-state index contributed by atoms with van der Waals surface area (Å²) in [5.41, 5.74) is 0.0564. The number of methoxy groups -OCH3 is 1. The van der Waals surface area contributed by atoms with Gasteiger partial charge < -0.3 is 20.5 Å². The lowest BCUT2D eigenvalue weighted by Gasteiger charge is -2.13. The number of anilines is 2. The van der Waals surface area contributed by atoms with Gasteiger partial charge in [0.25, 0.3) is 0 Å². The Labute approximate surface area is 116 Å². The first-order valence-electron chi connectivity index (χ1n) is 6.17. The van der Waals surface area contributed by atoms with Gasteiger partial charge >= 0.3 is 5.69 Å². The van der Waals surface area contributed by atoms with Crippen molar-refractivity contribution in [2.24, 2.45) is 0 Å². The minimum absolute atomic E-state index is 0.0774. The maximum absolute atomic E-state index is 11.1. The summed E-state index contributed by atoms with van der Waals surface area (Å²) in [4.78, 5) is 18.6. The Morgan fingerprint density at radius 1 is 1.45 bits per heavy atom. The first-order valence-corrected chi connectivity index (χ1v) is 6.17. The van der Waals surface area contributed by atoms with Crippen molar-refractivity contribution >= 4 is 17.5 Å². The molecule has 0 aliphatic heterocycles.